The third kappa shape index (κ3) is 2.47. The van der Waals surface area contributed by atoms with Crippen molar-refractivity contribution in [1.29, 1.82) is 0 Å². The van der Waals surface area contributed by atoms with Crippen molar-refractivity contribution in [3.8, 4) is 5.75 Å². The van der Waals surface area contributed by atoms with Crippen LogP contribution in [-0.2, 0) is 13.0 Å². The number of fused-ring (bicyclic) bond motifs is 1. The Kier molecular flexibility index (Phi) is 3.22. The number of hydrogen-bond donors (Lipinski definition) is 2. The molecule has 0 aliphatic heterocycles. The van der Waals surface area contributed by atoms with Crippen LogP contribution >= 0.6 is 0 Å². The second kappa shape index (κ2) is 5.02. The largest absolute Gasteiger partial charge is 0.508 e. The number of phenolic OH excluding ortho intramolecular Hbond substituents is 1. The smallest absolute Gasteiger partial charge is 0.123 e. The van der Waals surface area contributed by atoms with E-state index >= 15 is 0 Å². The monoisotopic (exact) mass is 257 g/mol. The fourth-order valence-corrected chi connectivity index (χ4v) is 2.69. The lowest BCUT2D eigenvalue weighted by atomic mass is 10.1. The highest BCUT2D eigenvalue weighted by Crippen LogP contribution is 2.36. The minimum atomic E-state index is -0.208. The maximum Gasteiger partial charge on any atom is 0.123 e. The van der Waals surface area contributed by atoms with Gasteiger partial charge in [0, 0.05) is 12.6 Å². The molecule has 2 aromatic carbocycles. The van der Waals surface area contributed by atoms with Gasteiger partial charge in [0.2, 0.25) is 0 Å². The third-order valence-corrected chi connectivity index (χ3v) is 3.71. The molecule has 0 amide bonds. The van der Waals surface area contributed by atoms with Crippen LogP contribution in [0.1, 0.15) is 29.2 Å². The van der Waals surface area contributed by atoms with Gasteiger partial charge in [-0.05, 0) is 47.7 Å². The molecule has 0 heterocycles. The molecule has 2 nitrogen and oxygen atoms in total. The van der Waals surface area contributed by atoms with Crippen LogP contribution in [-0.4, -0.2) is 5.11 Å². The molecule has 2 aromatic rings. The van der Waals surface area contributed by atoms with Gasteiger partial charge in [-0.15, -0.1) is 0 Å². The fourth-order valence-electron chi connectivity index (χ4n) is 2.69. The van der Waals surface area contributed by atoms with Crippen LogP contribution in [0.3, 0.4) is 0 Å². The maximum absolute atomic E-state index is 12.8. The average Bonchev–Trinajstić information content (AvgIpc) is 2.83. The molecule has 1 atom stereocenters. The minimum Gasteiger partial charge on any atom is -0.508 e. The molecule has 2 N–H and O–H groups in total. The Morgan fingerprint density at radius 1 is 1.16 bits per heavy atom. The number of phenols is 1. The first-order chi connectivity index (χ1) is 9.24. The van der Waals surface area contributed by atoms with Crippen molar-refractivity contribution >= 4 is 0 Å². The summed E-state index contributed by atoms with van der Waals surface area (Å²) >= 11 is 0. The number of rotatable bonds is 3. The zero-order chi connectivity index (χ0) is 13.2. The molecule has 0 spiro atoms. The lowest BCUT2D eigenvalue weighted by molar-refractivity contribution is 0.469. The van der Waals surface area contributed by atoms with E-state index in [-0.39, 0.29) is 11.9 Å². The predicted octanol–water partition coefficient (Wildman–Crippen LogP) is 3.31. The highest BCUT2D eigenvalue weighted by Gasteiger charge is 2.23. The Morgan fingerprint density at radius 3 is 2.74 bits per heavy atom. The molecule has 0 saturated heterocycles. The van der Waals surface area contributed by atoms with Crippen LogP contribution in [0.15, 0.2) is 42.5 Å². The zero-order valence-electron chi connectivity index (χ0n) is 10.6. The fraction of sp³-hybridized carbons (Fsp3) is 0.250. The molecule has 0 bridgehead atoms. The predicted molar refractivity (Wildman–Crippen MR) is 72.4 cm³/mol. The van der Waals surface area contributed by atoms with Crippen LogP contribution in [0.2, 0.25) is 0 Å². The molecule has 0 aromatic heterocycles. The number of hydrogen-bond acceptors (Lipinski definition) is 2. The van der Waals surface area contributed by atoms with E-state index in [0.29, 0.717) is 12.3 Å². The van der Waals surface area contributed by atoms with Gasteiger partial charge >= 0.3 is 0 Å². The van der Waals surface area contributed by atoms with E-state index in [9.17, 15) is 9.50 Å². The summed E-state index contributed by atoms with van der Waals surface area (Å²) in [6, 6.07) is 12.5. The molecule has 98 valence electrons. The zero-order valence-corrected chi connectivity index (χ0v) is 10.6. The topological polar surface area (TPSA) is 32.3 Å². The number of nitrogens with one attached hydrogen (secondary N) is 1. The molecular weight excluding hydrogens is 241 g/mol. The second-order valence-electron chi connectivity index (χ2n) is 4.94. The van der Waals surface area contributed by atoms with E-state index in [4.69, 9.17) is 0 Å². The van der Waals surface area contributed by atoms with Gasteiger partial charge in [-0.3, -0.25) is 0 Å². The summed E-state index contributed by atoms with van der Waals surface area (Å²) in [5, 5.41) is 13.3. The first-order valence-corrected chi connectivity index (χ1v) is 6.52. The molecule has 1 aliphatic carbocycles. The number of benzene rings is 2. The summed E-state index contributed by atoms with van der Waals surface area (Å²) in [6.07, 6.45) is 1.90. The Bertz CT molecular complexity index is 580. The van der Waals surface area contributed by atoms with Crippen LogP contribution in [0.5, 0.6) is 5.75 Å². The van der Waals surface area contributed by atoms with Crippen molar-refractivity contribution in [2.45, 2.75) is 25.4 Å². The molecule has 0 radical (unpaired) electrons. The van der Waals surface area contributed by atoms with Gasteiger partial charge in [0.25, 0.3) is 0 Å². The molecule has 3 heteroatoms. The Balaban J connectivity index is 1.70. The van der Waals surface area contributed by atoms with Gasteiger partial charge in [0.1, 0.15) is 11.6 Å². The van der Waals surface area contributed by atoms with Gasteiger partial charge in [0.15, 0.2) is 0 Å². The summed E-state index contributed by atoms with van der Waals surface area (Å²) in [5.74, 6) is 0.184. The van der Waals surface area contributed by atoms with Gasteiger partial charge in [0.05, 0.1) is 0 Å². The van der Waals surface area contributed by atoms with Crippen LogP contribution in [0.25, 0.3) is 0 Å². The highest BCUT2D eigenvalue weighted by molar-refractivity contribution is 5.44. The van der Waals surface area contributed by atoms with E-state index in [1.807, 2.05) is 6.07 Å². The van der Waals surface area contributed by atoms with Crippen molar-refractivity contribution in [3.63, 3.8) is 0 Å². The van der Waals surface area contributed by atoms with Gasteiger partial charge < -0.3 is 10.4 Å². The van der Waals surface area contributed by atoms with Crippen molar-refractivity contribution < 1.29 is 9.50 Å². The summed E-state index contributed by atoms with van der Waals surface area (Å²) in [7, 11) is 0. The number of aromatic hydroxyl groups is 1. The molecule has 3 rings (SSSR count). The first-order valence-electron chi connectivity index (χ1n) is 6.52. The normalized spacial score (nSPS) is 17.4. The molecule has 19 heavy (non-hydrogen) atoms. The third-order valence-electron chi connectivity index (χ3n) is 3.71. The SMILES string of the molecule is Oc1cccc2c1CCC2NCc1ccc(F)cc1. The van der Waals surface area contributed by atoms with E-state index < -0.39 is 0 Å². The Hall–Kier alpha value is -1.87. The summed E-state index contributed by atoms with van der Waals surface area (Å²) in [6.45, 7) is 0.708. The van der Waals surface area contributed by atoms with Crippen LogP contribution < -0.4 is 5.32 Å². The molecule has 0 saturated carbocycles. The standard InChI is InChI=1S/C16H16FNO/c17-12-6-4-11(5-7-12)10-18-15-9-8-14-13(15)2-1-3-16(14)19/h1-7,15,18-19H,8-10H2. The van der Waals surface area contributed by atoms with E-state index in [1.165, 1.54) is 17.7 Å². The average molecular weight is 257 g/mol. The first kappa shape index (κ1) is 12.2. The maximum atomic E-state index is 12.8. The second-order valence-corrected chi connectivity index (χ2v) is 4.94. The molecule has 0 fully saturated rings. The van der Waals surface area contributed by atoms with E-state index in [2.05, 4.69) is 11.4 Å². The lowest BCUT2D eigenvalue weighted by Crippen LogP contribution is -2.18. The minimum absolute atomic E-state index is 0.208. The van der Waals surface area contributed by atoms with Gasteiger partial charge in [-0.1, -0.05) is 24.3 Å². The van der Waals surface area contributed by atoms with E-state index in [0.717, 1.165) is 24.0 Å². The summed E-state index contributed by atoms with van der Waals surface area (Å²) in [5.41, 5.74) is 3.30. The van der Waals surface area contributed by atoms with Crippen molar-refractivity contribution in [2.75, 3.05) is 0 Å². The summed E-state index contributed by atoms with van der Waals surface area (Å²) < 4.78 is 12.8. The molecule has 1 unspecified atom stereocenters. The highest BCUT2D eigenvalue weighted by atomic mass is 19.1. The quantitative estimate of drug-likeness (QED) is 0.884. The van der Waals surface area contributed by atoms with Crippen LogP contribution in [0.4, 0.5) is 4.39 Å². The van der Waals surface area contributed by atoms with Crippen molar-refractivity contribution in [2.24, 2.45) is 0 Å². The van der Waals surface area contributed by atoms with Crippen molar-refractivity contribution in [1.82, 2.24) is 5.32 Å². The van der Waals surface area contributed by atoms with Gasteiger partial charge in [-0.2, -0.15) is 0 Å². The van der Waals surface area contributed by atoms with Gasteiger partial charge in [-0.25, -0.2) is 4.39 Å². The lowest BCUT2D eigenvalue weighted by Gasteiger charge is -2.14. The molecular formula is C16H16FNO. The molecule has 1 aliphatic rings. The van der Waals surface area contributed by atoms with Crippen LogP contribution in [0, 0.1) is 5.82 Å². The van der Waals surface area contributed by atoms with Crippen molar-refractivity contribution in [3.05, 3.63) is 65.0 Å². The number of halogens is 1. The summed E-state index contributed by atoms with van der Waals surface area (Å²) in [4.78, 5) is 0. The Labute approximate surface area is 111 Å². The van der Waals surface area contributed by atoms with E-state index in [1.54, 1.807) is 18.2 Å². The Morgan fingerprint density at radius 2 is 1.95 bits per heavy atom.